The summed E-state index contributed by atoms with van der Waals surface area (Å²) in [7, 11) is 0. The predicted molar refractivity (Wildman–Crippen MR) is 89.4 cm³/mol. The molecule has 7 nitrogen and oxygen atoms in total. The van der Waals surface area contributed by atoms with Crippen molar-refractivity contribution >= 4 is 0 Å². The molecule has 1 N–H and O–H groups in total. The first-order valence-corrected chi connectivity index (χ1v) is 8.16. The SMILES string of the molecule is c1cc(Cn2cccn2)cc(-c2cn(CC3CNCCO3)nn2)c1. The van der Waals surface area contributed by atoms with Crippen molar-refractivity contribution in [3.63, 3.8) is 0 Å². The molecule has 24 heavy (non-hydrogen) atoms. The maximum atomic E-state index is 5.71. The smallest absolute Gasteiger partial charge is 0.113 e. The number of morpholine rings is 1. The minimum Gasteiger partial charge on any atom is -0.374 e. The molecule has 1 aromatic carbocycles. The molecular formula is C17H20N6O. The van der Waals surface area contributed by atoms with E-state index in [2.05, 4.69) is 38.9 Å². The summed E-state index contributed by atoms with van der Waals surface area (Å²) in [5, 5.41) is 16.1. The van der Waals surface area contributed by atoms with Crippen LogP contribution in [0.3, 0.4) is 0 Å². The lowest BCUT2D eigenvalue weighted by atomic mass is 10.1. The number of ether oxygens (including phenoxy) is 1. The minimum atomic E-state index is 0.152. The van der Waals surface area contributed by atoms with Crippen molar-refractivity contribution in [2.24, 2.45) is 0 Å². The number of hydrogen-bond acceptors (Lipinski definition) is 5. The molecule has 124 valence electrons. The topological polar surface area (TPSA) is 69.8 Å². The van der Waals surface area contributed by atoms with Gasteiger partial charge in [-0.15, -0.1) is 5.10 Å². The number of nitrogens with one attached hydrogen (secondary N) is 1. The van der Waals surface area contributed by atoms with Crippen LogP contribution in [0.15, 0.2) is 48.9 Å². The fraction of sp³-hybridized carbons (Fsp3) is 0.353. The van der Waals surface area contributed by atoms with E-state index in [0.29, 0.717) is 6.54 Å². The normalized spacial score (nSPS) is 17.9. The Morgan fingerprint density at radius 3 is 3.08 bits per heavy atom. The molecule has 1 unspecified atom stereocenters. The van der Waals surface area contributed by atoms with Crippen LogP contribution in [0.4, 0.5) is 0 Å². The van der Waals surface area contributed by atoms with Crippen molar-refractivity contribution in [1.29, 1.82) is 0 Å². The van der Waals surface area contributed by atoms with Crippen LogP contribution in [-0.2, 0) is 17.8 Å². The van der Waals surface area contributed by atoms with Gasteiger partial charge in [-0.05, 0) is 17.7 Å². The Hall–Kier alpha value is -2.51. The van der Waals surface area contributed by atoms with Gasteiger partial charge in [-0.1, -0.05) is 23.4 Å². The van der Waals surface area contributed by atoms with Crippen LogP contribution >= 0.6 is 0 Å². The number of benzene rings is 1. The summed E-state index contributed by atoms with van der Waals surface area (Å²) in [6.07, 6.45) is 5.88. The Morgan fingerprint density at radius 1 is 1.25 bits per heavy atom. The van der Waals surface area contributed by atoms with E-state index in [9.17, 15) is 0 Å². The van der Waals surface area contributed by atoms with Gasteiger partial charge in [-0.25, -0.2) is 4.68 Å². The molecule has 0 bridgehead atoms. The van der Waals surface area contributed by atoms with E-state index in [0.717, 1.165) is 37.5 Å². The first-order valence-electron chi connectivity index (χ1n) is 8.16. The van der Waals surface area contributed by atoms with E-state index in [1.165, 1.54) is 5.56 Å². The van der Waals surface area contributed by atoms with Gasteiger partial charge in [0.25, 0.3) is 0 Å². The molecule has 3 aromatic rings. The lowest BCUT2D eigenvalue weighted by Gasteiger charge is -2.23. The van der Waals surface area contributed by atoms with Gasteiger partial charge in [0.05, 0.1) is 32.0 Å². The average Bonchev–Trinajstić information content (AvgIpc) is 3.28. The van der Waals surface area contributed by atoms with E-state index in [1.807, 2.05) is 33.9 Å². The Morgan fingerprint density at radius 2 is 2.25 bits per heavy atom. The van der Waals surface area contributed by atoms with Gasteiger partial charge in [0.1, 0.15) is 5.69 Å². The van der Waals surface area contributed by atoms with E-state index in [-0.39, 0.29) is 6.10 Å². The van der Waals surface area contributed by atoms with E-state index in [4.69, 9.17) is 4.74 Å². The van der Waals surface area contributed by atoms with Crippen LogP contribution in [0.1, 0.15) is 5.56 Å². The second-order valence-electron chi connectivity index (χ2n) is 5.93. The molecule has 7 heteroatoms. The summed E-state index contributed by atoms with van der Waals surface area (Å²) in [6, 6.07) is 10.3. The number of rotatable bonds is 5. The summed E-state index contributed by atoms with van der Waals surface area (Å²) in [5.74, 6) is 0. The van der Waals surface area contributed by atoms with Crippen molar-refractivity contribution in [3.8, 4) is 11.3 Å². The van der Waals surface area contributed by atoms with Crippen molar-refractivity contribution in [2.75, 3.05) is 19.7 Å². The van der Waals surface area contributed by atoms with Gasteiger partial charge in [0, 0.05) is 31.0 Å². The van der Waals surface area contributed by atoms with Gasteiger partial charge in [0.2, 0.25) is 0 Å². The highest BCUT2D eigenvalue weighted by Gasteiger charge is 2.15. The van der Waals surface area contributed by atoms with Crippen molar-refractivity contribution < 1.29 is 4.74 Å². The molecular weight excluding hydrogens is 304 g/mol. The van der Waals surface area contributed by atoms with Gasteiger partial charge in [0.15, 0.2) is 0 Å². The Labute approximate surface area is 140 Å². The Balaban J connectivity index is 1.47. The van der Waals surface area contributed by atoms with Gasteiger partial charge < -0.3 is 10.1 Å². The predicted octanol–water partition coefficient (Wildman–Crippen LogP) is 1.18. The van der Waals surface area contributed by atoms with Crippen molar-refractivity contribution in [2.45, 2.75) is 19.2 Å². The molecule has 0 aliphatic carbocycles. The summed E-state index contributed by atoms with van der Waals surface area (Å²) < 4.78 is 9.47. The highest BCUT2D eigenvalue weighted by molar-refractivity contribution is 5.58. The monoisotopic (exact) mass is 324 g/mol. The molecule has 1 fully saturated rings. The average molecular weight is 324 g/mol. The Kier molecular flexibility index (Phi) is 4.35. The van der Waals surface area contributed by atoms with Gasteiger partial charge in [-0.2, -0.15) is 5.10 Å². The van der Waals surface area contributed by atoms with Crippen molar-refractivity contribution in [3.05, 3.63) is 54.5 Å². The second kappa shape index (κ2) is 6.94. The first-order chi connectivity index (χ1) is 11.9. The van der Waals surface area contributed by atoms with Crippen molar-refractivity contribution in [1.82, 2.24) is 30.1 Å². The Bertz CT molecular complexity index is 776. The first kappa shape index (κ1) is 15.0. The summed E-state index contributed by atoms with van der Waals surface area (Å²) in [6.45, 7) is 3.99. The summed E-state index contributed by atoms with van der Waals surface area (Å²) >= 11 is 0. The number of nitrogens with zero attached hydrogens (tertiary/aromatic N) is 5. The molecule has 4 rings (SSSR count). The highest BCUT2D eigenvalue weighted by atomic mass is 16.5. The number of hydrogen-bond donors (Lipinski definition) is 1. The van der Waals surface area contributed by atoms with Crippen LogP contribution in [-0.4, -0.2) is 50.6 Å². The summed E-state index contributed by atoms with van der Waals surface area (Å²) in [4.78, 5) is 0. The van der Waals surface area contributed by atoms with E-state index in [1.54, 1.807) is 6.20 Å². The van der Waals surface area contributed by atoms with Crippen LogP contribution in [0.25, 0.3) is 11.3 Å². The second-order valence-corrected chi connectivity index (χ2v) is 5.93. The molecule has 0 saturated carbocycles. The zero-order chi connectivity index (χ0) is 16.2. The third kappa shape index (κ3) is 3.52. The van der Waals surface area contributed by atoms with Gasteiger partial charge >= 0.3 is 0 Å². The molecule has 0 radical (unpaired) electrons. The van der Waals surface area contributed by atoms with Crippen LogP contribution in [0.2, 0.25) is 0 Å². The minimum absolute atomic E-state index is 0.152. The molecule has 1 aliphatic heterocycles. The van der Waals surface area contributed by atoms with Crippen LogP contribution < -0.4 is 5.32 Å². The third-order valence-corrected chi connectivity index (χ3v) is 4.06. The molecule has 2 aromatic heterocycles. The van der Waals surface area contributed by atoms with E-state index < -0.39 is 0 Å². The zero-order valence-electron chi connectivity index (χ0n) is 13.4. The maximum Gasteiger partial charge on any atom is 0.113 e. The molecule has 1 aliphatic rings. The lowest BCUT2D eigenvalue weighted by molar-refractivity contribution is 0.0158. The fourth-order valence-electron chi connectivity index (χ4n) is 2.88. The quantitative estimate of drug-likeness (QED) is 0.763. The standard InChI is InChI=1S/C17H20N6O/c1-3-14(11-22-7-2-5-19-22)9-15(4-1)17-13-23(21-20-17)12-16-10-18-6-8-24-16/h1-5,7,9,13,16,18H,6,8,10-12H2. The zero-order valence-corrected chi connectivity index (χ0v) is 13.4. The van der Waals surface area contributed by atoms with Crippen LogP contribution in [0, 0.1) is 0 Å². The lowest BCUT2D eigenvalue weighted by Crippen LogP contribution is -2.40. The molecule has 0 spiro atoms. The maximum absolute atomic E-state index is 5.71. The molecule has 3 heterocycles. The molecule has 1 atom stereocenters. The fourth-order valence-corrected chi connectivity index (χ4v) is 2.88. The third-order valence-electron chi connectivity index (χ3n) is 4.06. The molecule has 0 amide bonds. The highest BCUT2D eigenvalue weighted by Crippen LogP contribution is 2.18. The summed E-state index contributed by atoms with van der Waals surface area (Å²) in [5.41, 5.74) is 3.13. The molecule has 1 saturated heterocycles. The number of aromatic nitrogens is 5. The van der Waals surface area contributed by atoms with Gasteiger partial charge in [-0.3, -0.25) is 4.68 Å². The largest absolute Gasteiger partial charge is 0.374 e. The van der Waals surface area contributed by atoms with E-state index >= 15 is 0 Å². The van der Waals surface area contributed by atoms with Crippen LogP contribution in [0.5, 0.6) is 0 Å².